The van der Waals surface area contributed by atoms with E-state index < -0.39 is 0 Å². The lowest BCUT2D eigenvalue weighted by Crippen LogP contribution is -2.44. The van der Waals surface area contributed by atoms with E-state index in [1.807, 2.05) is 43.0 Å². The predicted molar refractivity (Wildman–Crippen MR) is 90.1 cm³/mol. The first-order valence-corrected chi connectivity index (χ1v) is 8.57. The Kier molecular flexibility index (Phi) is 6.00. The SMILES string of the molecule is CC(C)C(=O)N1CCC(C(=O)NCc2cccc(Br)c2)CC1. The third-order valence-electron chi connectivity index (χ3n) is 4.03. The van der Waals surface area contributed by atoms with Crippen LogP contribution in [0.15, 0.2) is 28.7 Å². The van der Waals surface area contributed by atoms with Gasteiger partial charge in [-0.2, -0.15) is 0 Å². The number of piperidine rings is 1. The quantitative estimate of drug-likeness (QED) is 0.890. The maximum atomic E-state index is 12.2. The number of hydrogen-bond acceptors (Lipinski definition) is 2. The molecule has 0 bridgehead atoms. The van der Waals surface area contributed by atoms with Crippen LogP contribution in [-0.2, 0) is 16.1 Å². The molecular formula is C17H23BrN2O2. The molecule has 1 fully saturated rings. The number of carbonyl (C=O) groups is 2. The summed E-state index contributed by atoms with van der Waals surface area (Å²) in [6.45, 7) is 5.75. The van der Waals surface area contributed by atoms with Crippen molar-refractivity contribution in [3.8, 4) is 0 Å². The summed E-state index contributed by atoms with van der Waals surface area (Å²) in [4.78, 5) is 26.1. The standard InChI is InChI=1S/C17H23BrN2O2/c1-12(2)17(22)20-8-6-14(7-9-20)16(21)19-11-13-4-3-5-15(18)10-13/h3-5,10,12,14H,6-9,11H2,1-2H3,(H,19,21). The van der Waals surface area contributed by atoms with Gasteiger partial charge in [-0.15, -0.1) is 0 Å². The molecule has 0 aromatic heterocycles. The Bertz CT molecular complexity index is 537. The zero-order chi connectivity index (χ0) is 16.1. The van der Waals surface area contributed by atoms with Gasteiger partial charge in [0.15, 0.2) is 0 Å². The van der Waals surface area contributed by atoms with Gasteiger partial charge in [0.2, 0.25) is 11.8 Å². The molecule has 1 aliphatic heterocycles. The van der Waals surface area contributed by atoms with E-state index in [4.69, 9.17) is 0 Å². The summed E-state index contributed by atoms with van der Waals surface area (Å²) >= 11 is 3.43. The molecule has 2 rings (SSSR count). The first kappa shape index (κ1) is 17.0. The lowest BCUT2D eigenvalue weighted by molar-refractivity contribution is -0.138. The van der Waals surface area contributed by atoms with Crippen LogP contribution in [0.4, 0.5) is 0 Å². The van der Waals surface area contributed by atoms with Crippen LogP contribution in [0.3, 0.4) is 0 Å². The van der Waals surface area contributed by atoms with Crippen molar-refractivity contribution in [1.82, 2.24) is 10.2 Å². The average molecular weight is 367 g/mol. The highest BCUT2D eigenvalue weighted by Gasteiger charge is 2.27. The van der Waals surface area contributed by atoms with Gasteiger partial charge in [-0.25, -0.2) is 0 Å². The number of nitrogens with zero attached hydrogens (tertiary/aromatic N) is 1. The third kappa shape index (κ3) is 4.57. The van der Waals surface area contributed by atoms with E-state index in [-0.39, 0.29) is 23.7 Å². The highest BCUT2D eigenvalue weighted by atomic mass is 79.9. The maximum Gasteiger partial charge on any atom is 0.225 e. The van der Waals surface area contributed by atoms with Gasteiger partial charge < -0.3 is 10.2 Å². The predicted octanol–water partition coefficient (Wildman–Crippen LogP) is 2.96. The van der Waals surface area contributed by atoms with Gasteiger partial charge in [-0.05, 0) is 30.5 Å². The maximum absolute atomic E-state index is 12.2. The molecular weight excluding hydrogens is 344 g/mol. The minimum Gasteiger partial charge on any atom is -0.352 e. The molecule has 1 aromatic carbocycles. The van der Waals surface area contributed by atoms with Gasteiger partial charge in [-0.1, -0.05) is 41.9 Å². The van der Waals surface area contributed by atoms with Gasteiger partial charge in [-0.3, -0.25) is 9.59 Å². The average Bonchev–Trinajstić information content (AvgIpc) is 2.52. The second-order valence-corrected chi connectivity index (χ2v) is 7.02. The summed E-state index contributed by atoms with van der Waals surface area (Å²) in [5, 5.41) is 3.00. The molecule has 0 atom stereocenters. The molecule has 4 nitrogen and oxygen atoms in total. The summed E-state index contributed by atoms with van der Waals surface area (Å²) in [6.07, 6.45) is 1.51. The Labute approximate surface area is 140 Å². The number of amides is 2. The number of hydrogen-bond donors (Lipinski definition) is 1. The van der Waals surface area contributed by atoms with E-state index in [2.05, 4.69) is 21.2 Å². The fourth-order valence-electron chi connectivity index (χ4n) is 2.71. The molecule has 0 radical (unpaired) electrons. The van der Waals surface area contributed by atoms with Gasteiger partial charge in [0.1, 0.15) is 0 Å². The minimum absolute atomic E-state index is 0.0170. The van der Waals surface area contributed by atoms with Gasteiger partial charge >= 0.3 is 0 Å². The summed E-state index contributed by atoms with van der Waals surface area (Å²) in [6, 6.07) is 7.92. The highest BCUT2D eigenvalue weighted by Crippen LogP contribution is 2.19. The Morgan fingerprint density at radius 1 is 1.32 bits per heavy atom. The summed E-state index contributed by atoms with van der Waals surface area (Å²) < 4.78 is 1.01. The third-order valence-corrected chi connectivity index (χ3v) is 4.52. The number of rotatable bonds is 4. The van der Waals surface area contributed by atoms with Crippen molar-refractivity contribution < 1.29 is 9.59 Å². The summed E-state index contributed by atoms with van der Waals surface area (Å²) in [5.74, 6) is 0.329. The van der Waals surface area contributed by atoms with Crippen LogP contribution < -0.4 is 5.32 Å². The molecule has 22 heavy (non-hydrogen) atoms. The zero-order valence-corrected chi connectivity index (χ0v) is 14.7. The monoisotopic (exact) mass is 366 g/mol. The number of nitrogens with one attached hydrogen (secondary N) is 1. The van der Waals surface area contributed by atoms with E-state index >= 15 is 0 Å². The largest absolute Gasteiger partial charge is 0.352 e. The molecule has 1 heterocycles. The summed E-state index contributed by atoms with van der Waals surface area (Å²) in [7, 11) is 0. The Hall–Kier alpha value is -1.36. The van der Waals surface area contributed by atoms with Crippen LogP contribution in [0.1, 0.15) is 32.3 Å². The van der Waals surface area contributed by atoms with Gasteiger partial charge in [0.25, 0.3) is 0 Å². The molecule has 1 aliphatic rings. The number of benzene rings is 1. The summed E-state index contributed by atoms with van der Waals surface area (Å²) in [5.41, 5.74) is 1.08. The number of likely N-dealkylation sites (tertiary alicyclic amines) is 1. The van der Waals surface area contributed by atoms with Crippen molar-refractivity contribution in [1.29, 1.82) is 0 Å². The van der Waals surface area contributed by atoms with Crippen LogP contribution in [0.25, 0.3) is 0 Å². The lowest BCUT2D eigenvalue weighted by atomic mass is 9.95. The van der Waals surface area contributed by atoms with Gasteiger partial charge in [0.05, 0.1) is 0 Å². The Morgan fingerprint density at radius 2 is 2.00 bits per heavy atom. The molecule has 0 unspecified atom stereocenters. The van der Waals surface area contributed by atoms with E-state index in [0.29, 0.717) is 19.6 Å². The number of halogens is 1. The molecule has 5 heteroatoms. The van der Waals surface area contributed by atoms with E-state index in [1.165, 1.54) is 0 Å². The molecule has 120 valence electrons. The lowest BCUT2D eigenvalue weighted by Gasteiger charge is -2.32. The van der Waals surface area contributed by atoms with E-state index in [1.54, 1.807) is 0 Å². The second kappa shape index (κ2) is 7.77. The van der Waals surface area contributed by atoms with Crippen molar-refractivity contribution in [3.63, 3.8) is 0 Å². The number of carbonyl (C=O) groups excluding carboxylic acids is 2. The van der Waals surface area contributed by atoms with Crippen LogP contribution in [0.2, 0.25) is 0 Å². The topological polar surface area (TPSA) is 49.4 Å². The molecule has 0 aliphatic carbocycles. The second-order valence-electron chi connectivity index (χ2n) is 6.10. The van der Waals surface area contributed by atoms with Gasteiger partial charge in [0, 0.05) is 35.9 Å². The molecule has 1 N–H and O–H groups in total. The molecule has 2 amide bonds. The van der Waals surface area contributed by atoms with Crippen molar-refractivity contribution in [2.24, 2.45) is 11.8 Å². The van der Waals surface area contributed by atoms with E-state index in [0.717, 1.165) is 22.9 Å². The van der Waals surface area contributed by atoms with E-state index in [9.17, 15) is 9.59 Å². The van der Waals surface area contributed by atoms with Crippen molar-refractivity contribution >= 4 is 27.7 Å². The van der Waals surface area contributed by atoms with Crippen molar-refractivity contribution in [2.45, 2.75) is 33.2 Å². The first-order valence-electron chi connectivity index (χ1n) is 7.78. The molecule has 0 saturated carbocycles. The first-order chi connectivity index (χ1) is 10.5. The smallest absolute Gasteiger partial charge is 0.225 e. The molecule has 1 saturated heterocycles. The normalized spacial score (nSPS) is 15.9. The van der Waals surface area contributed by atoms with Crippen LogP contribution in [0.5, 0.6) is 0 Å². The highest BCUT2D eigenvalue weighted by molar-refractivity contribution is 9.10. The molecule has 1 aromatic rings. The van der Waals surface area contributed by atoms with Crippen LogP contribution in [-0.4, -0.2) is 29.8 Å². The van der Waals surface area contributed by atoms with Crippen molar-refractivity contribution in [3.05, 3.63) is 34.3 Å². The zero-order valence-electron chi connectivity index (χ0n) is 13.1. The Morgan fingerprint density at radius 3 is 2.59 bits per heavy atom. The minimum atomic E-state index is 0.0170. The molecule has 0 spiro atoms. The van der Waals surface area contributed by atoms with Crippen molar-refractivity contribution in [2.75, 3.05) is 13.1 Å². The fraction of sp³-hybridized carbons (Fsp3) is 0.529. The fourth-order valence-corrected chi connectivity index (χ4v) is 3.15. The van der Waals surface area contributed by atoms with Crippen LogP contribution >= 0.6 is 15.9 Å². The Balaban J connectivity index is 1.79. The van der Waals surface area contributed by atoms with Crippen LogP contribution in [0, 0.1) is 11.8 Å².